The van der Waals surface area contributed by atoms with Crippen LogP contribution in [-0.2, 0) is 14.3 Å². The molecule has 0 bridgehead atoms. The number of Topliss-reactive ketones (excluding diaryl/α,β-unsaturated/α-hetero) is 1. The minimum absolute atomic E-state index is 0.165. The monoisotopic (exact) mass is 370 g/mol. The molecule has 0 saturated carbocycles. The molecule has 0 aliphatic heterocycles. The van der Waals surface area contributed by atoms with E-state index >= 15 is 0 Å². The molecule has 1 rings (SSSR count). The third-order valence-corrected chi connectivity index (χ3v) is 3.73. The normalized spacial score (nSPS) is 12.1. The Morgan fingerprint density at radius 1 is 1.27 bits per heavy atom. The zero-order valence-electron chi connectivity index (χ0n) is 13.5. The summed E-state index contributed by atoms with van der Waals surface area (Å²) in [5.41, 5.74) is 1.15. The topological polar surface area (TPSA) is 52.6 Å². The summed E-state index contributed by atoms with van der Waals surface area (Å²) in [7, 11) is 0. The molecule has 122 valence electrons. The lowest BCUT2D eigenvalue weighted by atomic mass is 9.99. The van der Waals surface area contributed by atoms with E-state index in [4.69, 9.17) is 9.47 Å². The standard InChI is InChI=1S/C17H23BrO4/c1-11(2)22-17(20)14(13(4)19)6-5-9-21-16-8-7-12(3)10-15(16)18/h7-8,10-11,14H,5-6,9H2,1-4H3. The van der Waals surface area contributed by atoms with Crippen LogP contribution in [0.25, 0.3) is 0 Å². The molecule has 0 aliphatic carbocycles. The number of aryl methyl sites for hydroxylation is 1. The summed E-state index contributed by atoms with van der Waals surface area (Å²) in [5, 5.41) is 0. The van der Waals surface area contributed by atoms with Crippen molar-refractivity contribution in [2.45, 2.75) is 46.6 Å². The van der Waals surface area contributed by atoms with E-state index in [0.717, 1.165) is 15.8 Å². The first-order chi connectivity index (χ1) is 10.3. The molecular formula is C17H23BrO4. The van der Waals surface area contributed by atoms with Crippen molar-refractivity contribution >= 4 is 27.7 Å². The molecule has 0 heterocycles. The number of rotatable bonds is 8. The Kier molecular flexibility index (Phi) is 7.59. The molecule has 1 aromatic rings. The lowest BCUT2D eigenvalue weighted by Gasteiger charge is -2.15. The Labute approximate surface area is 140 Å². The molecule has 0 fully saturated rings. The summed E-state index contributed by atoms with van der Waals surface area (Å²) in [5.74, 6) is -0.552. The molecule has 1 unspecified atom stereocenters. The van der Waals surface area contributed by atoms with Crippen LogP contribution < -0.4 is 4.74 Å². The van der Waals surface area contributed by atoms with Crippen molar-refractivity contribution in [1.82, 2.24) is 0 Å². The van der Waals surface area contributed by atoms with Crippen molar-refractivity contribution < 1.29 is 19.1 Å². The van der Waals surface area contributed by atoms with Gasteiger partial charge in [0.25, 0.3) is 0 Å². The van der Waals surface area contributed by atoms with Crippen LogP contribution in [0.3, 0.4) is 0 Å². The van der Waals surface area contributed by atoms with Gasteiger partial charge in [-0.25, -0.2) is 0 Å². The Balaban J connectivity index is 2.46. The van der Waals surface area contributed by atoms with Gasteiger partial charge in [0.05, 0.1) is 17.2 Å². The summed E-state index contributed by atoms with van der Waals surface area (Å²) >= 11 is 3.45. The van der Waals surface area contributed by atoms with Crippen LogP contribution in [-0.4, -0.2) is 24.5 Å². The molecule has 1 atom stereocenters. The largest absolute Gasteiger partial charge is 0.492 e. The first kappa shape index (κ1) is 18.7. The minimum Gasteiger partial charge on any atom is -0.492 e. The van der Waals surface area contributed by atoms with Gasteiger partial charge in [-0.2, -0.15) is 0 Å². The fourth-order valence-electron chi connectivity index (χ4n) is 1.99. The maximum atomic E-state index is 11.9. The van der Waals surface area contributed by atoms with Gasteiger partial charge in [0.1, 0.15) is 17.5 Å². The minimum atomic E-state index is -0.701. The summed E-state index contributed by atoms with van der Waals surface area (Å²) in [6.45, 7) is 7.41. The first-order valence-corrected chi connectivity index (χ1v) is 8.20. The third kappa shape index (κ3) is 6.18. The average molecular weight is 371 g/mol. The molecule has 5 heteroatoms. The van der Waals surface area contributed by atoms with E-state index < -0.39 is 11.9 Å². The van der Waals surface area contributed by atoms with E-state index in [1.807, 2.05) is 25.1 Å². The molecule has 0 aromatic heterocycles. The van der Waals surface area contributed by atoms with Gasteiger partial charge < -0.3 is 9.47 Å². The predicted molar refractivity (Wildman–Crippen MR) is 89.0 cm³/mol. The third-order valence-electron chi connectivity index (χ3n) is 3.11. The highest BCUT2D eigenvalue weighted by atomic mass is 79.9. The number of carbonyl (C=O) groups is 2. The van der Waals surface area contributed by atoms with Crippen LogP contribution in [0.2, 0.25) is 0 Å². The van der Waals surface area contributed by atoms with Crippen molar-refractivity contribution in [3.05, 3.63) is 28.2 Å². The summed E-state index contributed by atoms with van der Waals surface area (Å²) in [6, 6.07) is 5.85. The van der Waals surface area contributed by atoms with Gasteiger partial charge in [-0.3, -0.25) is 9.59 Å². The van der Waals surface area contributed by atoms with E-state index in [9.17, 15) is 9.59 Å². The van der Waals surface area contributed by atoms with Crippen LogP contribution >= 0.6 is 15.9 Å². The predicted octanol–water partition coefficient (Wildman–Crippen LogP) is 4.07. The molecule has 22 heavy (non-hydrogen) atoms. The summed E-state index contributed by atoms with van der Waals surface area (Å²) in [4.78, 5) is 23.4. The van der Waals surface area contributed by atoms with Gasteiger partial charge in [-0.1, -0.05) is 6.07 Å². The second-order valence-electron chi connectivity index (χ2n) is 5.57. The highest BCUT2D eigenvalue weighted by Crippen LogP contribution is 2.26. The van der Waals surface area contributed by atoms with Crippen LogP contribution in [0.1, 0.15) is 39.2 Å². The lowest BCUT2D eigenvalue weighted by molar-refractivity contribution is -0.155. The summed E-state index contributed by atoms with van der Waals surface area (Å²) < 4.78 is 11.7. The van der Waals surface area contributed by atoms with Crippen molar-refractivity contribution in [2.75, 3.05) is 6.61 Å². The van der Waals surface area contributed by atoms with Crippen molar-refractivity contribution in [1.29, 1.82) is 0 Å². The van der Waals surface area contributed by atoms with Gasteiger partial charge in [-0.05, 0) is 74.2 Å². The Hall–Kier alpha value is -1.36. The Bertz CT molecular complexity index is 525. The molecule has 4 nitrogen and oxygen atoms in total. The van der Waals surface area contributed by atoms with E-state index in [-0.39, 0.29) is 11.9 Å². The zero-order valence-corrected chi connectivity index (χ0v) is 15.1. The molecule has 0 spiro atoms. The number of esters is 1. The maximum absolute atomic E-state index is 11.9. The highest BCUT2D eigenvalue weighted by Gasteiger charge is 2.25. The van der Waals surface area contributed by atoms with E-state index in [1.54, 1.807) is 13.8 Å². The average Bonchev–Trinajstić information content (AvgIpc) is 2.39. The van der Waals surface area contributed by atoms with E-state index in [1.165, 1.54) is 6.92 Å². The van der Waals surface area contributed by atoms with Gasteiger partial charge >= 0.3 is 5.97 Å². The van der Waals surface area contributed by atoms with Gasteiger partial charge in [0.2, 0.25) is 0 Å². The smallest absolute Gasteiger partial charge is 0.316 e. The van der Waals surface area contributed by atoms with Crippen LogP contribution in [0, 0.1) is 12.8 Å². The Morgan fingerprint density at radius 3 is 2.50 bits per heavy atom. The van der Waals surface area contributed by atoms with E-state index in [0.29, 0.717) is 19.4 Å². The maximum Gasteiger partial charge on any atom is 0.316 e. The van der Waals surface area contributed by atoms with Crippen molar-refractivity contribution in [3.63, 3.8) is 0 Å². The van der Waals surface area contributed by atoms with Gasteiger partial charge in [0, 0.05) is 0 Å². The second kappa shape index (κ2) is 8.93. The summed E-state index contributed by atoms with van der Waals surface area (Å²) in [6.07, 6.45) is 0.830. The second-order valence-corrected chi connectivity index (χ2v) is 6.43. The molecule has 0 aliphatic rings. The van der Waals surface area contributed by atoms with Crippen LogP contribution in [0.5, 0.6) is 5.75 Å². The fourth-order valence-corrected chi connectivity index (χ4v) is 2.60. The van der Waals surface area contributed by atoms with E-state index in [2.05, 4.69) is 15.9 Å². The molecule has 1 aromatic carbocycles. The lowest BCUT2D eigenvalue weighted by Crippen LogP contribution is -2.27. The fraction of sp³-hybridized carbons (Fsp3) is 0.529. The van der Waals surface area contributed by atoms with Crippen molar-refractivity contribution in [2.24, 2.45) is 5.92 Å². The van der Waals surface area contributed by atoms with Gasteiger partial charge in [-0.15, -0.1) is 0 Å². The highest BCUT2D eigenvalue weighted by molar-refractivity contribution is 9.10. The Morgan fingerprint density at radius 2 is 1.95 bits per heavy atom. The molecule has 0 N–H and O–H groups in total. The molecule has 0 amide bonds. The molecule has 0 radical (unpaired) electrons. The molecule has 0 saturated heterocycles. The van der Waals surface area contributed by atoms with Crippen LogP contribution in [0.4, 0.5) is 0 Å². The number of halogens is 1. The number of hydrogen-bond donors (Lipinski definition) is 0. The number of ether oxygens (including phenoxy) is 2. The van der Waals surface area contributed by atoms with Crippen LogP contribution in [0.15, 0.2) is 22.7 Å². The first-order valence-electron chi connectivity index (χ1n) is 7.41. The quantitative estimate of drug-likeness (QED) is 0.393. The number of carbonyl (C=O) groups excluding carboxylic acids is 2. The van der Waals surface area contributed by atoms with Crippen molar-refractivity contribution in [3.8, 4) is 5.75 Å². The van der Waals surface area contributed by atoms with Gasteiger partial charge in [0.15, 0.2) is 0 Å². The zero-order chi connectivity index (χ0) is 16.7. The number of benzene rings is 1. The SMILES string of the molecule is CC(=O)C(CCCOc1ccc(C)cc1Br)C(=O)OC(C)C. The number of hydrogen-bond acceptors (Lipinski definition) is 4. The number of ketones is 1. The molecular weight excluding hydrogens is 348 g/mol.